The number of hydrogen-bond acceptors (Lipinski definition) is 8. The summed E-state index contributed by atoms with van der Waals surface area (Å²) >= 11 is 0. The van der Waals surface area contributed by atoms with Crippen LogP contribution in [0, 0.1) is 0 Å². The smallest absolute Gasteiger partial charge is 0.410 e. The van der Waals surface area contributed by atoms with E-state index in [0.717, 1.165) is 25.3 Å². The summed E-state index contributed by atoms with van der Waals surface area (Å²) in [5, 5.41) is 11.3. The van der Waals surface area contributed by atoms with Gasteiger partial charge in [-0.2, -0.15) is 0 Å². The Labute approximate surface area is 190 Å². The number of morpholine rings is 2. The molecule has 4 rings (SSSR count). The predicted molar refractivity (Wildman–Crippen MR) is 121 cm³/mol. The van der Waals surface area contributed by atoms with Gasteiger partial charge in [0.15, 0.2) is 0 Å². The van der Waals surface area contributed by atoms with Crippen LogP contribution < -0.4 is 4.90 Å². The topological polar surface area (TPSA) is 78.0 Å². The summed E-state index contributed by atoms with van der Waals surface area (Å²) in [7, 11) is 4.06. The highest BCUT2D eigenvalue weighted by molar-refractivity contribution is 5.69. The summed E-state index contributed by atoms with van der Waals surface area (Å²) in [6.45, 7) is 6.20. The molecule has 2 unspecified atom stereocenters. The first-order valence-electron chi connectivity index (χ1n) is 11.5. The van der Waals surface area contributed by atoms with Gasteiger partial charge < -0.3 is 34.0 Å². The van der Waals surface area contributed by atoms with Gasteiger partial charge in [-0.25, -0.2) is 4.79 Å². The third-order valence-corrected chi connectivity index (χ3v) is 6.58. The van der Waals surface area contributed by atoms with Crippen molar-refractivity contribution in [1.29, 1.82) is 0 Å². The van der Waals surface area contributed by atoms with E-state index in [1.807, 2.05) is 32.3 Å². The van der Waals surface area contributed by atoms with Gasteiger partial charge in [0.1, 0.15) is 18.8 Å². The summed E-state index contributed by atoms with van der Waals surface area (Å²) in [5.74, 6) is 0. The molecule has 9 nitrogen and oxygen atoms in total. The lowest BCUT2D eigenvalue weighted by molar-refractivity contribution is -0.108. The Morgan fingerprint density at radius 3 is 2.47 bits per heavy atom. The van der Waals surface area contributed by atoms with Gasteiger partial charge in [0.25, 0.3) is 0 Å². The maximum Gasteiger partial charge on any atom is 0.410 e. The van der Waals surface area contributed by atoms with Crippen LogP contribution in [0.3, 0.4) is 0 Å². The molecule has 1 aromatic carbocycles. The molecule has 3 heterocycles. The van der Waals surface area contributed by atoms with Crippen LogP contribution in [0.4, 0.5) is 10.5 Å². The van der Waals surface area contributed by atoms with Crippen LogP contribution in [0.15, 0.2) is 30.3 Å². The zero-order chi connectivity index (χ0) is 22.5. The number of anilines is 1. The molecule has 0 aliphatic carbocycles. The minimum atomic E-state index is -0.811. The van der Waals surface area contributed by atoms with Crippen molar-refractivity contribution in [2.45, 2.75) is 24.4 Å². The Morgan fingerprint density at radius 1 is 1.03 bits per heavy atom. The van der Waals surface area contributed by atoms with E-state index in [0.29, 0.717) is 39.4 Å². The van der Waals surface area contributed by atoms with Gasteiger partial charge in [0.2, 0.25) is 0 Å². The number of rotatable bonds is 5. The van der Waals surface area contributed by atoms with Crippen LogP contribution in [-0.2, 0) is 14.2 Å². The van der Waals surface area contributed by atoms with Crippen LogP contribution in [-0.4, -0.2) is 130 Å². The highest BCUT2D eigenvalue weighted by Crippen LogP contribution is 2.24. The Bertz CT molecular complexity index is 738. The van der Waals surface area contributed by atoms with Crippen molar-refractivity contribution in [3.05, 3.63) is 30.3 Å². The van der Waals surface area contributed by atoms with Crippen molar-refractivity contribution >= 4 is 11.8 Å². The fourth-order valence-electron chi connectivity index (χ4n) is 4.68. The number of carbonyl (C=O) groups is 1. The number of para-hydroxylation sites is 1. The second-order valence-corrected chi connectivity index (χ2v) is 9.04. The first-order valence-corrected chi connectivity index (χ1v) is 11.5. The molecule has 3 fully saturated rings. The predicted octanol–water partition coefficient (Wildman–Crippen LogP) is 0.336. The zero-order valence-corrected chi connectivity index (χ0v) is 19.1. The number of nitrogens with zero attached hydrogens (tertiary/aromatic N) is 4. The SMILES string of the molecule is CN1CCO[C@@H](COC(=O)N2CCN(c3ccccc3)CC2C(O)[C@H]2CN(C)CCO2)C1. The standard InChI is InChI=1S/C23H36N4O5/c1-24-10-12-30-19(14-24)17-32-23(29)27-9-8-26(18-6-4-3-5-7-18)15-20(27)22(28)21-16-25(2)11-13-31-21/h3-7,19-22,28H,8-17H2,1-2H3/t19-,20?,21-,22?/m1/s1. The van der Waals surface area contributed by atoms with Crippen LogP contribution in [0.25, 0.3) is 0 Å². The Kier molecular flexibility index (Phi) is 7.85. The van der Waals surface area contributed by atoms with Crippen molar-refractivity contribution in [2.24, 2.45) is 0 Å². The molecular weight excluding hydrogens is 412 g/mol. The number of amides is 1. The monoisotopic (exact) mass is 448 g/mol. The average Bonchev–Trinajstić information content (AvgIpc) is 2.82. The quantitative estimate of drug-likeness (QED) is 0.691. The largest absolute Gasteiger partial charge is 0.447 e. The molecule has 0 radical (unpaired) electrons. The van der Waals surface area contributed by atoms with E-state index in [1.54, 1.807) is 4.90 Å². The first kappa shape index (κ1) is 23.3. The summed E-state index contributed by atoms with van der Waals surface area (Å²) in [6, 6.07) is 9.67. The van der Waals surface area contributed by atoms with E-state index in [4.69, 9.17) is 14.2 Å². The highest BCUT2D eigenvalue weighted by atomic mass is 16.6. The third-order valence-electron chi connectivity index (χ3n) is 6.58. The van der Waals surface area contributed by atoms with Gasteiger partial charge in [-0.1, -0.05) is 18.2 Å². The molecule has 1 aromatic rings. The van der Waals surface area contributed by atoms with Crippen molar-refractivity contribution in [2.75, 3.05) is 84.6 Å². The number of aliphatic hydroxyl groups excluding tert-OH is 1. The van der Waals surface area contributed by atoms with E-state index < -0.39 is 18.2 Å². The molecule has 0 aromatic heterocycles. The van der Waals surface area contributed by atoms with Crippen molar-refractivity contribution in [3.8, 4) is 0 Å². The molecular formula is C23H36N4O5. The van der Waals surface area contributed by atoms with Gasteiger partial charge >= 0.3 is 6.09 Å². The number of carbonyl (C=O) groups excluding carboxylic acids is 1. The summed E-state index contributed by atoms with van der Waals surface area (Å²) in [5.41, 5.74) is 1.08. The summed E-state index contributed by atoms with van der Waals surface area (Å²) in [4.78, 5) is 21.3. The maximum absolute atomic E-state index is 13.1. The van der Waals surface area contributed by atoms with Crippen LogP contribution in [0.2, 0.25) is 0 Å². The molecule has 1 N–H and O–H groups in total. The molecule has 0 saturated carbocycles. The number of piperazine rings is 1. The van der Waals surface area contributed by atoms with Crippen LogP contribution >= 0.6 is 0 Å². The lowest BCUT2D eigenvalue weighted by Crippen LogP contribution is -2.63. The fraction of sp³-hybridized carbons (Fsp3) is 0.696. The second kappa shape index (κ2) is 10.8. The summed E-state index contributed by atoms with van der Waals surface area (Å²) < 4.78 is 17.3. The van der Waals surface area contributed by atoms with E-state index in [2.05, 4.69) is 26.8 Å². The van der Waals surface area contributed by atoms with E-state index in [-0.39, 0.29) is 18.8 Å². The van der Waals surface area contributed by atoms with Gasteiger partial charge in [-0.15, -0.1) is 0 Å². The lowest BCUT2D eigenvalue weighted by Gasteiger charge is -2.46. The van der Waals surface area contributed by atoms with E-state index in [9.17, 15) is 9.90 Å². The van der Waals surface area contributed by atoms with Crippen molar-refractivity contribution in [1.82, 2.24) is 14.7 Å². The molecule has 3 aliphatic heterocycles. The maximum atomic E-state index is 13.1. The number of benzene rings is 1. The zero-order valence-electron chi connectivity index (χ0n) is 19.1. The Morgan fingerprint density at radius 2 is 1.75 bits per heavy atom. The molecule has 3 saturated heterocycles. The van der Waals surface area contributed by atoms with Gasteiger partial charge in [-0.3, -0.25) is 4.90 Å². The molecule has 9 heteroatoms. The number of hydrogen-bond donors (Lipinski definition) is 1. The van der Waals surface area contributed by atoms with E-state index >= 15 is 0 Å². The van der Waals surface area contributed by atoms with Gasteiger partial charge in [0, 0.05) is 51.5 Å². The second-order valence-electron chi connectivity index (χ2n) is 9.04. The Balaban J connectivity index is 1.44. The van der Waals surface area contributed by atoms with Crippen molar-refractivity contribution < 1.29 is 24.1 Å². The summed E-state index contributed by atoms with van der Waals surface area (Å²) in [6.07, 6.45) is -1.68. The molecule has 3 aliphatic rings. The number of ether oxygens (including phenoxy) is 3. The third kappa shape index (κ3) is 5.71. The molecule has 32 heavy (non-hydrogen) atoms. The molecule has 178 valence electrons. The first-order chi connectivity index (χ1) is 15.5. The minimum Gasteiger partial charge on any atom is -0.447 e. The molecule has 1 amide bonds. The minimum absolute atomic E-state index is 0.123. The normalized spacial score (nSPS) is 29.0. The molecule has 0 spiro atoms. The van der Waals surface area contributed by atoms with E-state index in [1.165, 1.54) is 0 Å². The number of likely N-dealkylation sites (N-methyl/N-ethyl adjacent to an activating group) is 2. The molecule has 4 atom stereocenters. The van der Waals surface area contributed by atoms with Gasteiger partial charge in [0.05, 0.1) is 25.4 Å². The van der Waals surface area contributed by atoms with Crippen LogP contribution in [0.1, 0.15) is 0 Å². The van der Waals surface area contributed by atoms with Gasteiger partial charge in [-0.05, 0) is 26.2 Å². The molecule has 0 bridgehead atoms. The average molecular weight is 449 g/mol. The van der Waals surface area contributed by atoms with Crippen molar-refractivity contribution in [3.63, 3.8) is 0 Å². The number of aliphatic hydroxyl groups is 1. The fourth-order valence-corrected chi connectivity index (χ4v) is 4.68. The lowest BCUT2D eigenvalue weighted by atomic mass is 9.99. The highest BCUT2D eigenvalue weighted by Gasteiger charge is 2.41. The van der Waals surface area contributed by atoms with Crippen LogP contribution in [0.5, 0.6) is 0 Å². The Hall–Kier alpha value is -1.91.